The number of aromatic carboxylic acids is 1. The zero-order valence-electron chi connectivity index (χ0n) is 16.1. The molecule has 2 heteroatoms. The average molecular weight is 332 g/mol. The Balaban J connectivity index is 2.13. The quantitative estimate of drug-likeness (QED) is 0.576. The van der Waals surface area contributed by atoms with Crippen LogP contribution in [0.3, 0.4) is 0 Å². The van der Waals surface area contributed by atoms with Gasteiger partial charge in [0.05, 0.1) is 23.5 Å². The monoisotopic (exact) mass is 332 g/mol. The molecule has 0 heterocycles. The van der Waals surface area contributed by atoms with Crippen molar-refractivity contribution in [3.63, 3.8) is 0 Å². The number of hydrogen-bond donors (Lipinski definition) is 1. The third-order valence-electron chi connectivity index (χ3n) is 4.82. The SMILES string of the molecule is [2H]OC(=O)c1ccccc1/C=C1\C=C(C)C2=C=C(C(C)C)[CH+]C=C(C)C21. The first-order valence-electron chi connectivity index (χ1n) is 9.02. The van der Waals surface area contributed by atoms with Crippen LogP contribution in [0.2, 0.25) is 0 Å². The Morgan fingerprint density at radius 2 is 2.12 bits per heavy atom. The number of benzene rings is 1. The topological polar surface area (TPSA) is 37.3 Å². The van der Waals surface area contributed by atoms with Crippen LogP contribution in [-0.4, -0.2) is 11.1 Å². The Labute approximate surface area is 151 Å². The zero-order valence-corrected chi connectivity index (χ0v) is 15.1. The lowest BCUT2D eigenvalue weighted by molar-refractivity contribution is 0.0696. The highest BCUT2D eigenvalue weighted by molar-refractivity contribution is 5.92. The van der Waals surface area contributed by atoms with Crippen molar-refractivity contribution in [1.29, 1.82) is 1.43 Å². The van der Waals surface area contributed by atoms with Crippen LogP contribution < -0.4 is 0 Å². The number of hydrogen-bond acceptors (Lipinski definition) is 2. The van der Waals surface area contributed by atoms with Gasteiger partial charge in [-0.1, -0.05) is 38.1 Å². The molecule has 0 aliphatic heterocycles. The minimum Gasteiger partial charge on any atom is -0.478 e. The number of fused-ring (bicyclic) bond motifs is 1. The summed E-state index contributed by atoms with van der Waals surface area (Å²) in [7, 11) is 0. The largest absolute Gasteiger partial charge is 0.478 e. The van der Waals surface area contributed by atoms with Crippen LogP contribution in [0.4, 0.5) is 0 Å². The molecule has 25 heavy (non-hydrogen) atoms. The van der Waals surface area contributed by atoms with Crippen molar-refractivity contribution in [3.05, 3.63) is 87.6 Å². The minimum absolute atomic E-state index is 0.141. The standard InChI is InChI=1S/C23H22O2/c1-14(2)17-10-9-15(3)22-19(11-16(4)21(22)13-17)12-18-7-5-6-8-20(18)23(24)25/h5-12,14,22H,1-4H3/p+1/b19-12+/i/hD. The molecule has 1 aromatic rings. The molecule has 1 unspecified atom stereocenters. The third-order valence-corrected chi connectivity index (χ3v) is 4.82. The molecule has 1 N–H and O–H groups in total. The molecule has 0 aromatic heterocycles. The predicted octanol–water partition coefficient (Wildman–Crippen LogP) is 5.62. The second kappa shape index (κ2) is 6.66. The number of carboxylic acid groups (broad SMARTS) is 1. The van der Waals surface area contributed by atoms with Crippen molar-refractivity contribution in [3.8, 4) is 0 Å². The summed E-state index contributed by atoms with van der Waals surface area (Å²) in [5.41, 5.74) is 10.8. The van der Waals surface area contributed by atoms with Crippen LogP contribution in [0.25, 0.3) is 7.51 Å². The number of rotatable bonds is 3. The summed E-state index contributed by atoms with van der Waals surface area (Å²) >= 11 is 0. The molecule has 0 bridgehead atoms. The van der Waals surface area contributed by atoms with E-state index in [1.807, 2.05) is 18.2 Å². The van der Waals surface area contributed by atoms with Gasteiger partial charge >= 0.3 is 5.97 Å². The van der Waals surface area contributed by atoms with Gasteiger partial charge in [-0.05, 0) is 35.8 Å². The Hall–Kier alpha value is -2.70. The molecule has 0 fully saturated rings. The van der Waals surface area contributed by atoms with Crippen LogP contribution in [-0.2, 0) is 0 Å². The van der Waals surface area contributed by atoms with E-state index in [2.05, 4.69) is 57.1 Å². The Kier molecular flexibility index (Phi) is 4.21. The van der Waals surface area contributed by atoms with Crippen LogP contribution in [0.1, 0.15) is 43.6 Å². The first-order valence-corrected chi connectivity index (χ1v) is 8.61. The van der Waals surface area contributed by atoms with Crippen LogP contribution in [0, 0.1) is 18.3 Å². The maximum Gasteiger partial charge on any atom is 0.336 e. The lowest BCUT2D eigenvalue weighted by Crippen LogP contribution is -2.04. The van der Waals surface area contributed by atoms with E-state index < -0.39 is 5.97 Å². The highest BCUT2D eigenvalue weighted by Crippen LogP contribution is 2.42. The van der Waals surface area contributed by atoms with Crippen LogP contribution in [0.5, 0.6) is 0 Å². The van der Waals surface area contributed by atoms with Gasteiger partial charge in [0.15, 0.2) is 0 Å². The fourth-order valence-corrected chi connectivity index (χ4v) is 3.43. The van der Waals surface area contributed by atoms with E-state index in [9.17, 15) is 4.79 Å². The third kappa shape index (κ3) is 3.26. The molecule has 2 aliphatic carbocycles. The Bertz CT molecular complexity index is 906. The van der Waals surface area contributed by atoms with E-state index in [0.717, 1.165) is 11.1 Å². The van der Waals surface area contributed by atoms with E-state index in [1.54, 1.807) is 12.1 Å². The second-order valence-corrected chi connectivity index (χ2v) is 7.01. The smallest absolute Gasteiger partial charge is 0.336 e. The molecule has 2 nitrogen and oxygen atoms in total. The lowest BCUT2D eigenvalue weighted by Gasteiger charge is -2.10. The summed E-state index contributed by atoms with van der Waals surface area (Å²) in [5.74, 6) is -0.0865. The Morgan fingerprint density at radius 1 is 1.36 bits per heavy atom. The van der Waals surface area contributed by atoms with E-state index >= 15 is 0 Å². The molecule has 1 atom stereocenters. The van der Waals surface area contributed by atoms with Gasteiger partial charge < -0.3 is 5.11 Å². The first-order chi connectivity index (χ1) is 12.4. The van der Waals surface area contributed by atoms with Gasteiger partial charge in [0, 0.05) is 30.2 Å². The molecule has 0 amide bonds. The maximum absolute atomic E-state index is 11.9. The molecule has 0 saturated carbocycles. The molecule has 0 spiro atoms. The number of allylic oxidation sites excluding steroid dienone is 6. The lowest BCUT2D eigenvalue weighted by atomic mass is 9.88. The maximum atomic E-state index is 11.9. The molecule has 3 rings (SSSR count). The van der Waals surface area contributed by atoms with Crippen molar-refractivity contribution in [2.45, 2.75) is 27.7 Å². The molecule has 1 aromatic carbocycles. The molecule has 2 aliphatic rings. The summed E-state index contributed by atoms with van der Waals surface area (Å²) in [6.07, 6.45) is 8.51. The zero-order chi connectivity index (χ0) is 18.8. The summed E-state index contributed by atoms with van der Waals surface area (Å²) in [4.78, 5) is 11.9. The highest BCUT2D eigenvalue weighted by Gasteiger charge is 2.34. The van der Waals surface area contributed by atoms with Gasteiger partial charge in [0.2, 0.25) is 0 Å². The van der Waals surface area contributed by atoms with Crippen molar-refractivity contribution < 1.29 is 9.90 Å². The first kappa shape index (κ1) is 15.8. The summed E-state index contributed by atoms with van der Waals surface area (Å²) < 4.78 is 6.92. The fourth-order valence-electron chi connectivity index (χ4n) is 3.43. The summed E-state index contributed by atoms with van der Waals surface area (Å²) in [5, 5.41) is 4.18. The normalized spacial score (nSPS) is 21.4. The van der Waals surface area contributed by atoms with Crippen LogP contribution in [0.15, 0.2) is 70.0 Å². The Morgan fingerprint density at radius 3 is 2.84 bits per heavy atom. The van der Waals surface area contributed by atoms with E-state index in [1.165, 1.54) is 22.3 Å². The van der Waals surface area contributed by atoms with Gasteiger partial charge in [-0.25, -0.2) is 4.79 Å². The molecule has 0 radical (unpaired) electrons. The average Bonchev–Trinajstić information content (AvgIpc) is 2.81. The van der Waals surface area contributed by atoms with E-state index in [0.29, 0.717) is 11.5 Å². The van der Waals surface area contributed by atoms with Crippen LogP contribution >= 0.6 is 0 Å². The summed E-state index contributed by atoms with van der Waals surface area (Å²) in [6.45, 7) is 8.60. The molecule has 0 saturated heterocycles. The van der Waals surface area contributed by atoms with Gasteiger partial charge in [-0.15, -0.1) is 0 Å². The second-order valence-electron chi connectivity index (χ2n) is 7.01. The van der Waals surface area contributed by atoms with Crippen molar-refractivity contribution in [2.24, 2.45) is 11.8 Å². The predicted molar refractivity (Wildman–Crippen MR) is 102 cm³/mol. The van der Waals surface area contributed by atoms with Gasteiger partial charge in [0.1, 0.15) is 5.57 Å². The summed E-state index contributed by atoms with van der Waals surface area (Å²) in [6, 6.07) is 7.22. The molecular formula is C23H23O2+. The highest BCUT2D eigenvalue weighted by atomic mass is 16.4. The van der Waals surface area contributed by atoms with E-state index in [4.69, 9.17) is 1.43 Å². The van der Waals surface area contributed by atoms with Gasteiger partial charge in [0.25, 0.3) is 1.43 Å². The number of carbonyl (C=O) groups is 1. The molecule has 126 valence electrons. The molecular weight excluding hydrogens is 308 g/mol. The van der Waals surface area contributed by atoms with E-state index in [-0.39, 0.29) is 5.92 Å². The van der Waals surface area contributed by atoms with Crippen molar-refractivity contribution in [1.82, 2.24) is 0 Å². The van der Waals surface area contributed by atoms with Crippen molar-refractivity contribution >= 4 is 12.0 Å². The van der Waals surface area contributed by atoms with Crippen molar-refractivity contribution in [2.75, 3.05) is 0 Å². The van der Waals surface area contributed by atoms with Gasteiger partial charge in [-0.3, -0.25) is 0 Å². The fraction of sp³-hybridized carbons (Fsp3) is 0.261. The van der Waals surface area contributed by atoms with Gasteiger partial charge in [-0.2, -0.15) is 0 Å². The number of carboxylic acids is 1. The minimum atomic E-state index is -0.643.